The molecule has 1 aliphatic heterocycles. The van der Waals surface area contributed by atoms with Gasteiger partial charge in [-0.25, -0.2) is 6.08 Å². The quantitative estimate of drug-likeness (QED) is 0.137. The molecule has 0 radical (unpaired) electrons. The Balaban J connectivity index is 0.000000196. The summed E-state index contributed by atoms with van der Waals surface area (Å²) in [5.74, 6) is 0.537. The van der Waals surface area contributed by atoms with Crippen molar-refractivity contribution in [1.82, 2.24) is 0 Å². The van der Waals surface area contributed by atoms with Crippen LogP contribution < -0.4 is 24.8 Å². The molecular weight excluding hydrogens is 763 g/mol. The van der Waals surface area contributed by atoms with E-state index in [2.05, 4.69) is 180 Å². The third kappa shape index (κ3) is 9.17. The minimum absolute atomic E-state index is 0. The van der Waals surface area contributed by atoms with Crippen molar-refractivity contribution < 1.29 is 48.1 Å². The van der Waals surface area contributed by atoms with E-state index in [4.69, 9.17) is 0 Å². The van der Waals surface area contributed by atoms with Crippen LogP contribution in [0.2, 0.25) is 13.1 Å². The number of rotatable bonds is 4. The molecule has 6 aromatic carbocycles. The summed E-state index contributed by atoms with van der Waals surface area (Å²) >= 11 is 3.69. The molecule has 8 rings (SSSR count). The first-order valence-electron chi connectivity index (χ1n) is 16.8. The van der Waals surface area contributed by atoms with Gasteiger partial charge in [0.15, 0.2) is 0 Å². The van der Waals surface area contributed by atoms with E-state index < -0.39 is 0 Å². The van der Waals surface area contributed by atoms with Crippen LogP contribution in [-0.4, -0.2) is 10.7 Å². The topological polar surface area (TPSA) is 0 Å². The minimum atomic E-state index is 0. The number of hydrogen-bond acceptors (Lipinski definition) is 1. The van der Waals surface area contributed by atoms with Crippen molar-refractivity contribution in [2.24, 2.45) is 5.92 Å². The number of thioether (sulfide) groups is 1. The van der Waals surface area contributed by atoms with Crippen molar-refractivity contribution in [3.8, 4) is 22.3 Å². The van der Waals surface area contributed by atoms with E-state index in [9.17, 15) is 0 Å². The maximum atomic E-state index is 3.61. The first-order valence-corrected chi connectivity index (χ1v) is 23.8. The normalized spacial score (nSPS) is 14.5. The molecule has 6 aromatic rings. The van der Waals surface area contributed by atoms with Gasteiger partial charge in [-0.2, -0.15) is 23.3 Å². The molecule has 0 spiro atoms. The van der Waals surface area contributed by atoms with Gasteiger partial charge in [0, 0.05) is 5.25 Å². The average molecular weight is 805 g/mol. The van der Waals surface area contributed by atoms with Gasteiger partial charge in [-0.3, -0.25) is 0 Å². The van der Waals surface area contributed by atoms with Gasteiger partial charge in [0.25, 0.3) is 0 Å². The van der Waals surface area contributed by atoms with Gasteiger partial charge >= 0.3 is 41.9 Å². The van der Waals surface area contributed by atoms with Gasteiger partial charge in [-0.1, -0.05) is 147 Å². The second kappa shape index (κ2) is 18.1. The molecular formula is C45H42Cl2SSiZr-2. The van der Waals surface area contributed by atoms with E-state index >= 15 is 0 Å². The van der Waals surface area contributed by atoms with Gasteiger partial charge < -0.3 is 24.8 Å². The van der Waals surface area contributed by atoms with Crippen LogP contribution in [0.15, 0.2) is 150 Å². The summed E-state index contributed by atoms with van der Waals surface area (Å²) in [5, 5.41) is 5.82. The molecule has 5 heteroatoms. The fourth-order valence-electron chi connectivity index (χ4n) is 6.46. The first kappa shape index (κ1) is 40.0. The fourth-order valence-corrected chi connectivity index (χ4v) is 7.66. The largest absolute Gasteiger partial charge is 1.00 e. The molecule has 1 aliphatic carbocycles. The van der Waals surface area contributed by atoms with Crippen LogP contribution in [0.4, 0.5) is 0 Å². The predicted molar refractivity (Wildman–Crippen MR) is 210 cm³/mol. The molecule has 0 fully saturated rings. The molecule has 0 amide bonds. The number of hydrogen-bond donors (Lipinski definition) is 0. The number of allylic oxidation sites excluding steroid dienone is 4. The number of aryl methyl sites for hydroxylation is 1. The summed E-state index contributed by atoms with van der Waals surface area (Å²) in [4.78, 5) is 1.33. The van der Waals surface area contributed by atoms with E-state index in [1.807, 2.05) is 11.8 Å². The molecule has 0 N–H and O–H groups in total. The molecule has 1 heterocycles. The Morgan fingerprint density at radius 2 is 1.32 bits per heavy atom. The minimum Gasteiger partial charge on any atom is -1.00 e. The van der Waals surface area contributed by atoms with Crippen molar-refractivity contribution in [2.75, 3.05) is 0 Å². The smallest absolute Gasteiger partial charge is 0.0277 e. The number of halogens is 2. The maximum Gasteiger partial charge on any atom is -0.0277 e. The van der Waals surface area contributed by atoms with E-state index in [1.54, 1.807) is 23.3 Å². The van der Waals surface area contributed by atoms with Crippen LogP contribution in [0.25, 0.3) is 49.4 Å². The van der Waals surface area contributed by atoms with Crippen molar-refractivity contribution in [2.45, 2.75) is 46.0 Å². The summed E-state index contributed by atoms with van der Waals surface area (Å²) in [6.45, 7) is 13.6. The van der Waals surface area contributed by atoms with Crippen molar-refractivity contribution in [3.63, 3.8) is 0 Å². The van der Waals surface area contributed by atoms with Crippen LogP contribution in [0, 0.1) is 18.9 Å². The first-order chi connectivity index (χ1) is 23.2. The van der Waals surface area contributed by atoms with E-state index in [-0.39, 0.29) is 30.2 Å². The summed E-state index contributed by atoms with van der Waals surface area (Å²) in [6.07, 6.45) is 5.97. The SMILES string of the molecule is CC(C)C1=CC2=C(c3cccc4ccccc34)C(C)SC2=[C-]1.C[Si](C)=[Zr+2].Cc1cc2c(-c3ccccc3)cc(-c3ccccc3)cc2[cH-]1.[Cl-].[Cl-]. The third-order valence-electron chi connectivity index (χ3n) is 8.65. The Morgan fingerprint density at radius 1 is 0.720 bits per heavy atom. The fraction of sp³-hybridized carbons (Fsp3) is 0.178. The molecule has 1 atom stereocenters. The van der Waals surface area contributed by atoms with Crippen molar-refractivity contribution in [3.05, 3.63) is 167 Å². The number of fused-ring (bicyclic) bond motifs is 3. The monoisotopic (exact) mass is 802 g/mol. The van der Waals surface area contributed by atoms with Gasteiger partial charge in [0.1, 0.15) is 0 Å². The van der Waals surface area contributed by atoms with Crippen molar-refractivity contribution >= 4 is 44.3 Å². The average Bonchev–Trinajstić information content (AvgIpc) is 3.76. The summed E-state index contributed by atoms with van der Waals surface area (Å²) in [5.41, 5.74) is 12.2. The molecule has 0 saturated carbocycles. The van der Waals surface area contributed by atoms with Gasteiger partial charge in [-0.15, -0.1) is 45.1 Å². The Bertz CT molecular complexity index is 2180. The second-order valence-electron chi connectivity index (χ2n) is 13.1. The Labute approximate surface area is 330 Å². The standard InChI is InChI=1S/C22H17.C21H19S.C2H6Si.2ClH.Zr/c1-16-12-20-14-19(17-8-4-2-5-9-17)15-22(21(20)13-16)18-10-6-3-7-11-18;1-13(2)16-11-19-20(12-16)22-14(3)21(19)18-10-6-8-15-7-4-5-9-17(15)18;1-3-2;;;/h2-15H,1H3;4-11,13-14H,1-3H3;1-2H3;2*1H;/q2*-1;;;;+2/p-2. The van der Waals surface area contributed by atoms with Crippen molar-refractivity contribution in [1.29, 1.82) is 0 Å². The molecule has 0 bridgehead atoms. The van der Waals surface area contributed by atoms with Gasteiger partial charge in [0.05, 0.1) is 0 Å². The molecule has 0 nitrogen and oxygen atoms in total. The van der Waals surface area contributed by atoms with E-state index in [1.165, 1.54) is 76.6 Å². The zero-order valence-electron chi connectivity index (χ0n) is 29.5. The maximum absolute atomic E-state index is 3.61. The molecule has 252 valence electrons. The summed E-state index contributed by atoms with van der Waals surface area (Å²) in [7, 11) is 0. The Kier molecular flexibility index (Phi) is 14.5. The zero-order chi connectivity index (χ0) is 33.8. The van der Waals surface area contributed by atoms with Crippen LogP contribution in [0.3, 0.4) is 0 Å². The third-order valence-corrected chi connectivity index (χ3v) is 9.80. The van der Waals surface area contributed by atoms with Crippen LogP contribution >= 0.6 is 11.8 Å². The Morgan fingerprint density at radius 3 is 1.98 bits per heavy atom. The summed E-state index contributed by atoms with van der Waals surface area (Å²) < 4.78 is 0. The van der Waals surface area contributed by atoms with E-state index in [0.29, 0.717) is 11.2 Å². The van der Waals surface area contributed by atoms with Crippen LogP contribution in [0.5, 0.6) is 0 Å². The van der Waals surface area contributed by atoms with Crippen LogP contribution in [0.1, 0.15) is 31.9 Å². The second-order valence-corrected chi connectivity index (χ2v) is 23.8. The molecule has 2 aliphatic rings. The van der Waals surface area contributed by atoms with Gasteiger partial charge in [-0.05, 0) is 40.3 Å². The molecule has 0 saturated heterocycles. The van der Waals surface area contributed by atoms with Gasteiger partial charge in [0.2, 0.25) is 0 Å². The van der Waals surface area contributed by atoms with Crippen LogP contribution in [-0.2, 0) is 23.3 Å². The number of benzene rings is 5. The summed E-state index contributed by atoms with van der Waals surface area (Å²) in [6, 6.07) is 45.7. The zero-order valence-corrected chi connectivity index (χ0v) is 35.3. The predicted octanol–water partition coefficient (Wildman–Crippen LogP) is 7.01. The van der Waals surface area contributed by atoms with E-state index in [0.717, 1.165) is 0 Å². The molecule has 1 unspecified atom stereocenters. The molecule has 50 heavy (non-hydrogen) atoms. The Hall–Kier alpha value is -2.78. The molecule has 0 aromatic heterocycles.